The highest BCUT2D eigenvalue weighted by atomic mass is 19.1. The zero-order valence-electron chi connectivity index (χ0n) is 11.2. The molecule has 106 valence electrons. The van der Waals surface area contributed by atoms with E-state index in [9.17, 15) is 8.78 Å². The Kier molecular flexibility index (Phi) is 2.00. The number of hydrogen-bond donors (Lipinski definition) is 0. The number of imidazole rings is 2. The van der Waals surface area contributed by atoms with Gasteiger partial charge in [-0.2, -0.15) is 0 Å². The maximum absolute atomic E-state index is 13.7. The van der Waals surface area contributed by atoms with Gasteiger partial charge in [-0.15, -0.1) is 0 Å². The summed E-state index contributed by atoms with van der Waals surface area (Å²) in [5.74, 6) is -0.0603. The quantitative estimate of drug-likeness (QED) is 0.437. The Labute approximate surface area is 122 Å². The molecule has 4 nitrogen and oxygen atoms in total. The molecule has 3 aromatic heterocycles. The molecule has 5 aromatic rings. The molecule has 0 saturated heterocycles. The number of aromatic nitrogens is 4. The summed E-state index contributed by atoms with van der Waals surface area (Å²) in [6, 6.07) is 8.92. The van der Waals surface area contributed by atoms with Crippen LogP contribution in [0, 0.1) is 11.6 Å². The number of nitrogens with zero attached hydrogens (tertiary/aromatic N) is 4. The van der Waals surface area contributed by atoms with E-state index in [1.165, 1.54) is 24.3 Å². The second kappa shape index (κ2) is 3.79. The number of hydrogen-bond acceptors (Lipinski definition) is 2. The lowest BCUT2D eigenvalue weighted by Gasteiger charge is -2.06. The lowest BCUT2D eigenvalue weighted by Crippen LogP contribution is -1.97. The molecule has 6 heteroatoms. The van der Waals surface area contributed by atoms with Gasteiger partial charge in [0.05, 0.1) is 16.6 Å². The third kappa shape index (κ3) is 1.34. The van der Waals surface area contributed by atoms with Crippen LogP contribution in [0.15, 0.2) is 48.8 Å². The molecule has 0 bridgehead atoms. The van der Waals surface area contributed by atoms with Crippen molar-refractivity contribution in [2.75, 3.05) is 0 Å². The van der Waals surface area contributed by atoms with Crippen LogP contribution in [0.4, 0.5) is 8.78 Å². The summed E-state index contributed by atoms with van der Waals surface area (Å²) in [6.45, 7) is 0. The molecule has 3 heterocycles. The molecule has 0 N–H and O–H groups in total. The van der Waals surface area contributed by atoms with Gasteiger partial charge >= 0.3 is 0 Å². The van der Waals surface area contributed by atoms with Crippen LogP contribution >= 0.6 is 0 Å². The van der Waals surface area contributed by atoms with Gasteiger partial charge in [-0.1, -0.05) is 0 Å². The first-order valence-electron chi connectivity index (χ1n) is 6.74. The van der Waals surface area contributed by atoms with Crippen molar-refractivity contribution in [1.29, 1.82) is 0 Å². The van der Waals surface area contributed by atoms with Crippen LogP contribution in [-0.2, 0) is 0 Å². The zero-order valence-corrected chi connectivity index (χ0v) is 11.2. The zero-order chi connectivity index (χ0) is 14.8. The van der Waals surface area contributed by atoms with E-state index in [4.69, 9.17) is 0 Å². The van der Waals surface area contributed by atoms with E-state index < -0.39 is 0 Å². The van der Waals surface area contributed by atoms with Gasteiger partial charge in [0.25, 0.3) is 0 Å². The Bertz CT molecular complexity index is 1200. The molecular formula is C16H8F2N4. The highest BCUT2D eigenvalue weighted by Crippen LogP contribution is 2.27. The van der Waals surface area contributed by atoms with Gasteiger partial charge in [0.2, 0.25) is 5.78 Å². The molecule has 2 aromatic carbocycles. The van der Waals surface area contributed by atoms with E-state index in [1.807, 2.05) is 4.40 Å². The molecule has 22 heavy (non-hydrogen) atoms. The molecule has 5 rings (SSSR count). The summed E-state index contributed by atoms with van der Waals surface area (Å²) in [5.41, 5.74) is 2.68. The first kappa shape index (κ1) is 11.6. The first-order chi connectivity index (χ1) is 10.7. The van der Waals surface area contributed by atoms with Gasteiger partial charge in [-0.05, 0) is 30.3 Å². The molecule has 0 saturated carbocycles. The topological polar surface area (TPSA) is 34.6 Å². The maximum atomic E-state index is 13.7. The lowest BCUT2D eigenvalue weighted by atomic mass is 10.2. The minimum atomic E-state index is -0.340. The van der Waals surface area contributed by atoms with Crippen LogP contribution in [0.25, 0.3) is 33.4 Å². The lowest BCUT2D eigenvalue weighted by molar-refractivity contribution is 0.628. The fourth-order valence-corrected chi connectivity index (χ4v) is 2.98. The normalized spacial score (nSPS) is 12.1. The number of benzene rings is 2. The van der Waals surface area contributed by atoms with Gasteiger partial charge in [-0.25, -0.2) is 18.7 Å². The first-order valence-corrected chi connectivity index (χ1v) is 6.74. The van der Waals surface area contributed by atoms with Gasteiger partial charge in [0.1, 0.15) is 17.3 Å². The van der Waals surface area contributed by atoms with Crippen molar-refractivity contribution in [1.82, 2.24) is 18.8 Å². The number of rotatable bonds is 0. The predicted octanol–water partition coefficient (Wildman–Crippen LogP) is 3.57. The van der Waals surface area contributed by atoms with Gasteiger partial charge in [-0.3, -0.25) is 8.80 Å². The Morgan fingerprint density at radius 3 is 2.64 bits per heavy atom. The molecule has 0 spiro atoms. The van der Waals surface area contributed by atoms with Crippen LogP contribution in [0.1, 0.15) is 0 Å². The van der Waals surface area contributed by atoms with Crippen molar-refractivity contribution in [2.45, 2.75) is 0 Å². The molecule has 0 radical (unpaired) electrons. The minimum absolute atomic E-state index is 0.338. The third-order valence-electron chi connectivity index (χ3n) is 3.90. The highest BCUT2D eigenvalue weighted by molar-refractivity contribution is 5.97. The summed E-state index contributed by atoms with van der Waals surface area (Å²) >= 11 is 0. The predicted molar refractivity (Wildman–Crippen MR) is 78.9 cm³/mol. The molecular weight excluding hydrogens is 286 g/mol. The van der Waals surface area contributed by atoms with Gasteiger partial charge < -0.3 is 0 Å². The smallest absolute Gasteiger partial charge is 0.221 e. The molecule has 0 fully saturated rings. The van der Waals surface area contributed by atoms with Crippen molar-refractivity contribution in [2.24, 2.45) is 0 Å². The monoisotopic (exact) mass is 294 g/mol. The minimum Gasteiger partial charge on any atom is -0.277 e. The second-order valence-electron chi connectivity index (χ2n) is 5.16. The van der Waals surface area contributed by atoms with Crippen LogP contribution in [0.3, 0.4) is 0 Å². The Morgan fingerprint density at radius 2 is 1.73 bits per heavy atom. The molecule has 0 amide bonds. The van der Waals surface area contributed by atoms with E-state index in [0.29, 0.717) is 27.8 Å². The number of fused-ring (bicyclic) bond motifs is 8. The van der Waals surface area contributed by atoms with Gasteiger partial charge in [0.15, 0.2) is 0 Å². The SMILES string of the molecule is Fc1ccc2c(c1)c1nccn1c1nc3ccc(F)cc3n21. The third-order valence-corrected chi connectivity index (χ3v) is 3.90. The van der Waals surface area contributed by atoms with Crippen molar-refractivity contribution in [3.05, 3.63) is 60.4 Å². The van der Waals surface area contributed by atoms with Crippen molar-refractivity contribution in [3.63, 3.8) is 0 Å². The van der Waals surface area contributed by atoms with Crippen molar-refractivity contribution < 1.29 is 8.78 Å². The Balaban J connectivity index is 2.20. The van der Waals surface area contributed by atoms with E-state index in [2.05, 4.69) is 9.97 Å². The second-order valence-corrected chi connectivity index (χ2v) is 5.16. The average molecular weight is 294 g/mol. The number of halogens is 2. The summed E-state index contributed by atoms with van der Waals surface area (Å²) in [4.78, 5) is 8.85. The van der Waals surface area contributed by atoms with Crippen molar-refractivity contribution >= 4 is 33.4 Å². The molecule has 0 unspecified atom stereocenters. The van der Waals surface area contributed by atoms with Crippen molar-refractivity contribution in [3.8, 4) is 0 Å². The van der Waals surface area contributed by atoms with Crippen LogP contribution in [0.2, 0.25) is 0 Å². The molecule has 0 aliphatic carbocycles. The Morgan fingerprint density at radius 1 is 0.909 bits per heavy atom. The standard InChI is InChI=1S/C16H8F2N4/c17-9-2-4-13-11(7-9)15-19-5-6-21(15)16-20-12-3-1-10(18)8-14(12)22(13)16/h1-8H. The maximum Gasteiger partial charge on any atom is 0.221 e. The van der Waals surface area contributed by atoms with E-state index in [0.717, 1.165) is 5.52 Å². The highest BCUT2D eigenvalue weighted by Gasteiger charge is 2.14. The van der Waals surface area contributed by atoms with Crippen LogP contribution < -0.4 is 0 Å². The van der Waals surface area contributed by atoms with E-state index >= 15 is 0 Å². The van der Waals surface area contributed by atoms with Gasteiger partial charge in [0, 0.05) is 23.8 Å². The fraction of sp³-hybridized carbons (Fsp3) is 0. The van der Waals surface area contributed by atoms with E-state index in [1.54, 1.807) is 28.9 Å². The summed E-state index contributed by atoms with van der Waals surface area (Å²) in [6.07, 6.45) is 3.40. The van der Waals surface area contributed by atoms with Crippen LogP contribution in [-0.4, -0.2) is 18.8 Å². The van der Waals surface area contributed by atoms with Crippen LogP contribution in [0.5, 0.6) is 0 Å². The summed E-state index contributed by atoms with van der Waals surface area (Å²) in [7, 11) is 0. The van der Waals surface area contributed by atoms with E-state index in [-0.39, 0.29) is 11.6 Å². The average Bonchev–Trinajstić information content (AvgIpc) is 3.11. The summed E-state index contributed by atoms with van der Waals surface area (Å²) in [5, 5.41) is 0.654. The summed E-state index contributed by atoms with van der Waals surface area (Å²) < 4.78 is 30.9. The largest absolute Gasteiger partial charge is 0.277 e. The molecule has 0 aliphatic heterocycles. The Hall–Kier alpha value is -3.02. The fourth-order valence-electron chi connectivity index (χ4n) is 2.98. The molecule has 0 aliphatic rings. The molecule has 0 atom stereocenters.